The van der Waals surface area contributed by atoms with Crippen LogP contribution in [0.5, 0.6) is 0 Å². The molecule has 1 heterocycles. The van der Waals surface area contributed by atoms with Gasteiger partial charge in [0.2, 0.25) is 0 Å². The Labute approximate surface area is 116 Å². The van der Waals surface area contributed by atoms with Crippen molar-refractivity contribution in [3.63, 3.8) is 0 Å². The number of rotatable bonds is 5. The Morgan fingerprint density at radius 3 is 2.53 bits per heavy atom. The number of pyridine rings is 1. The molecular weight excluding hydrogens is 232 g/mol. The molecule has 0 saturated carbocycles. The van der Waals surface area contributed by atoms with Crippen molar-refractivity contribution in [2.75, 3.05) is 6.54 Å². The molecule has 0 spiro atoms. The van der Waals surface area contributed by atoms with Crippen LogP contribution in [0.1, 0.15) is 39.2 Å². The average Bonchev–Trinajstić information content (AvgIpc) is 2.43. The van der Waals surface area contributed by atoms with E-state index in [1.165, 1.54) is 10.9 Å². The molecule has 0 fully saturated rings. The molecule has 1 N–H and O–H groups in total. The second kappa shape index (κ2) is 6.16. The SMILES string of the molecule is CC(C)NCC(C)C(C)c1cccc2cccnc12. The lowest BCUT2D eigenvalue weighted by Gasteiger charge is -2.23. The van der Waals surface area contributed by atoms with E-state index in [0.717, 1.165) is 12.1 Å². The molecule has 0 aliphatic rings. The summed E-state index contributed by atoms with van der Waals surface area (Å²) in [5.74, 6) is 1.10. The van der Waals surface area contributed by atoms with Gasteiger partial charge < -0.3 is 5.32 Å². The smallest absolute Gasteiger partial charge is 0.0736 e. The number of para-hydroxylation sites is 1. The summed E-state index contributed by atoms with van der Waals surface area (Å²) in [6.45, 7) is 10.0. The molecule has 0 aliphatic heterocycles. The Kier molecular flexibility index (Phi) is 4.54. The summed E-state index contributed by atoms with van der Waals surface area (Å²) in [5, 5.41) is 4.76. The van der Waals surface area contributed by atoms with Gasteiger partial charge in [-0.05, 0) is 30.0 Å². The van der Waals surface area contributed by atoms with E-state index < -0.39 is 0 Å². The van der Waals surface area contributed by atoms with Crippen LogP contribution in [0.25, 0.3) is 10.9 Å². The molecule has 1 aromatic carbocycles. The zero-order valence-corrected chi connectivity index (χ0v) is 12.4. The highest BCUT2D eigenvalue weighted by molar-refractivity contribution is 5.82. The molecule has 1 aromatic heterocycles. The largest absolute Gasteiger partial charge is 0.314 e. The first kappa shape index (κ1) is 14.0. The summed E-state index contributed by atoms with van der Waals surface area (Å²) in [4.78, 5) is 4.56. The molecule has 19 heavy (non-hydrogen) atoms. The average molecular weight is 256 g/mol. The van der Waals surface area contributed by atoms with Gasteiger partial charge in [0.15, 0.2) is 0 Å². The third kappa shape index (κ3) is 3.32. The third-order valence-electron chi connectivity index (χ3n) is 3.86. The molecule has 0 amide bonds. The quantitative estimate of drug-likeness (QED) is 0.875. The van der Waals surface area contributed by atoms with Gasteiger partial charge in [-0.25, -0.2) is 0 Å². The fraction of sp³-hybridized carbons (Fsp3) is 0.471. The van der Waals surface area contributed by atoms with Gasteiger partial charge in [-0.15, -0.1) is 0 Å². The molecule has 0 saturated heterocycles. The first-order chi connectivity index (χ1) is 9.09. The summed E-state index contributed by atoms with van der Waals surface area (Å²) in [5.41, 5.74) is 2.50. The summed E-state index contributed by atoms with van der Waals surface area (Å²) < 4.78 is 0. The van der Waals surface area contributed by atoms with E-state index in [1.807, 2.05) is 12.3 Å². The van der Waals surface area contributed by atoms with Crippen LogP contribution in [0.3, 0.4) is 0 Å². The Hall–Kier alpha value is -1.41. The minimum atomic E-state index is 0.504. The van der Waals surface area contributed by atoms with E-state index in [0.29, 0.717) is 17.9 Å². The summed E-state index contributed by atoms with van der Waals surface area (Å²) in [6.07, 6.45) is 1.88. The first-order valence-electron chi connectivity index (χ1n) is 7.16. The van der Waals surface area contributed by atoms with Gasteiger partial charge >= 0.3 is 0 Å². The Morgan fingerprint density at radius 2 is 1.79 bits per heavy atom. The van der Waals surface area contributed by atoms with Crippen molar-refractivity contribution in [1.82, 2.24) is 10.3 Å². The number of hydrogen-bond acceptors (Lipinski definition) is 2. The molecule has 2 heteroatoms. The second-order valence-electron chi connectivity index (χ2n) is 5.75. The highest BCUT2D eigenvalue weighted by Gasteiger charge is 2.17. The number of aromatic nitrogens is 1. The van der Waals surface area contributed by atoms with E-state index in [4.69, 9.17) is 0 Å². The maximum atomic E-state index is 4.56. The monoisotopic (exact) mass is 256 g/mol. The van der Waals surface area contributed by atoms with Crippen LogP contribution in [0.2, 0.25) is 0 Å². The Morgan fingerprint density at radius 1 is 1.05 bits per heavy atom. The number of benzene rings is 1. The molecule has 0 aliphatic carbocycles. The summed E-state index contributed by atoms with van der Waals surface area (Å²) in [6, 6.07) is 11.2. The van der Waals surface area contributed by atoms with E-state index in [1.54, 1.807) is 0 Å². The molecule has 2 aromatic rings. The predicted octanol–water partition coefficient (Wildman–Crippen LogP) is 3.97. The molecule has 0 bridgehead atoms. The van der Waals surface area contributed by atoms with Crippen LogP contribution in [0.15, 0.2) is 36.5 Å². The minimum absolute atomic E-state index is 0.504. The lowest BCUT2D eigenvalue weighted by Crippen LogP contribution is -2.29. The third-order valence-corrected chi connectivity index (χ3v) is 3.86. The van der Waals surface area contributed by atoms with E-state index in [-0.39, 0.29) is 0 Å². The van der Waals surface area contributed by atoms with Crippen LogP contribution in [0, 0.1) is 5.92 Å². The highest BCUT2D eigenvalue weighted by Crippen LogP contribution is 2.29. The Balaban J connectivity index is 2.23. The predicted molar refractivity (Wildman–Crippen MR) is 82.5 cm³/mol. The molecule has 102 valence electrons. The molecule has 2 rings (SSSR count). The van der Waals surface area contributed by atoms with Gasteiger partial charge in [0.05, 0.1) is 5.52 Å². The normalized spacial score (nSPS) is 14.8. The molecular formula is C17H24N2. The summed E-state index contributed by atoms with van der Waals surface area (Å²) >= 11 is 0. The topological polar surface area (TPSA) is 24.9 Å². The zero-order valence-electron chi connectivity index (χ0n) is 12.4. The van der Waals surface area contributed by atoms with Gasteiger partial charge in [0, 0.05) is 17.6 Å². The van der Waals surface area contributed by atoms with Crippen molar-refractivity contribution < 1.29 is 0 Å². The fourth-order valence-electron chi connectivity index (χ4n) is 2.40. The maximum absolute atomic E-state index is 4.56. The lowest BCUT2D eigenvalue weighted by molar-refractivity contribution is 0.427. The fourth-order valence-corrected chi connectivity index (χ4v) is 2.40. The van der Waals surface area contributed by atoms with E-state index in [9.17, 15) is 0 Å². The number of fused-ring (bicyclic) bond motifs is 1. The molecule has 2 nitrogen and oxygen atoms in total. The van der Waals surface area contributed by atoms with Crippen molar-refractivity contribution in [2.45, 2.75) is 39.7 Å². The van der Waals surface area contributed by atoms with Gasteiger partial charge in [0.1, 0.15) is 0 Å². The second-order valence-corrected chi connectivity index (χ2v) is 5.75. The summed E-state index contributed by atoms with van der Waals surface area (Å²) in [7, 11) is 0. The Bertz CT molecular complexity index is 528. The zero-order chi connectivity index (χ0) is 13.8. The van der Waals surface area contributed by atoms with Gasteiger partial charge in [-0.3, -0.25) is 4.98 Å². The molecule has 2 atom stereocenters. The van der Waals surface area contributed by atoms with E-state index in [2.05, 4.69) is 62.3 Å². The van der Waals surface area contributed by atoms with Crippen molar-refractivity contribution >= 4 is 10.9 Å². The van der Waals surface area contributed by atoms with Crippen molar-refractivity contribution in [3.05, 3.63) is 42.1 Å². The van der Waals surface area contributed by atoms with Gasteiger partial charge in [-0.1, -0.05) is 52.0 Å². The van der Waals surface area contributed by atoms with Crippen LogP contribution in [0.4, 0.5) is 0 Å². The van der Waals surface area contributed by atoms with E-state index >= 15 is 0 Å². The van der Waals surface area contributed by atoms with Crippen molar-refractivity contribution in [2.24, 2.45) is 5.92 Å². The standard InChI is InChI=1S/C17H24N2/c1-12(2)19-11-13(3)14(4)16-9-5-7-15-8-6-10-18-17(15)16/h5-10,12-14,19H,11H2,1-4H3. The van der Waals surface area contributed by atoms with Gasteiger partial charge in [-0.2, -0.15) is 0 Å². The molecule has 2 unspecified atom stereocenters. The van der Waals surface area contributed by atoms with Crippen LogP contribution < -0.4 is 5.32 Å². The van der Waals surface area contributed by atoms with Crippen molar-refractivity contribution in [3.8, 4) is 0 Å². The van der Waals surface area contributed by atoms with Crippen LogP contribution in [-0.2, 0) is 0 Å². The maximum Gasteiger partial charge on any atom is 0.0736 e. The minimum Gasteiger partial charge on any atom is -0.314 e. The van der Waals surface area contributed by atoms with Crippen LogP contribution in [-0.4, -0.2) is 17.6 Å². The number of nitrogens with zero attached hydrogens (tertiary/aromatic N) is 1. The first-order valence-corrected chi connectivity index (χ1v) is 7.16. The molecule has 0 radical (unpaired) electrons. The highest BCUT2D eigenvalue weighted by atomic mass is 14.9. The number of hydrogen-bond donors (Lipinski definition) is 1. The number of nitrogens with one attached hydrogen (secondary N) is 1. The van der Waals surface area contributed by atoms with Crippen molar-refractivity contribution in [1.29, 1.82) is 0 Å². The van der Waals surface area contributed by atoms with Gasteiger partial charge in [0.25, 0.3) is 0 Å². The van der Waals surface area contributed by atoms with Crippen LogP contribution >= 0.6 is 0 Å². The lowest BCUT2D eigenvalue weighted by atomic mass is 9.87.